The van der Waals surface area contributed by atoms with Crippen LogP contribution in [0.5, 0.6) is 0 Å². The first-order chi connectivity index (χ1) is 14.9. The van der Waals surface area contributed by atoms with Crippen LogP contribution >= 0.6 is 0 Å². The molecule has 31 heavy (non-hydrogen) atoms. The van der Waals surface area contributed by atoms with Gasteiger partial charge in [0.1, 0.15) is 5.82 Å². The van der Waals surface area contributed by atoms with Gasteiger partial charge in [0.15, 0.2) is 5.96 Å². The zero-order valence-electron chi connectivity index (χ0n) is 19.2. The van der Waals surface area contributed by atoms with Crippen LogP contribution in [0.15, 0.2) is 47.5 Å². The summed E-state index contributed by atoms with van der Waals surface area (Å²) in [5, 5.41) is 6.48. The van der Waals surface area contributed by atoms with Gasteiger partial charge in [-0.05, 0) is 55.7 Å². The summed E-state index contributed by atoms with van der Waals surface area (Å²) >= 11 is 0. The minimum atomic E-state index is -0.210. The predicted octanol–water partition coefficient (Wildman–Crippen LogP) is 3.28. The van der Waals surface area contributed by atoms with Gasteiger partial charge in [-0.2, -0.15) is 0 Å². The molecule has 0 spiro atoms. The molecule has 0 atom stereocenters. The minimum Gasteiger partial charge on any atom is -0.370 e. The Morgan fingerprint density at radius 2 is 1.77 bits per heavy atom. The van der Waals surface area contributed by atoms with Crippen molar-refractivity contribution < 1.29 is 9.18 Å². The molecule has 168 valence electrons. The Kier molecular flexibility index (Phi) is 9.31. The minimum absolute atomic E-state index is 0.00784. The van der Waals surface area contributed by atoms with Gasteiger partial charge in [0.2, 0.25) is 0 Å². The van der Waals surface area contributed by atoms with E-state index in [4.69, 9.17) is 0 Å². The lowest BCUT2D eigenvalue weighted by Crippen LogP contribution is -2.37. The van der Waals surface area contributed by atoms with E-state index in [1.54, 1.807) is 32.1 Å². The van der Waals surface area contributed by atoms with Crippen molar-refractivity contribution in [1.29, 1.82) is 0 Å². The van der Waals surface area contributed by atoms with Gasteiger partial charge in [0, 0.05) is 52.9 Å². The number of hydrogen-bond donors (Lipinski definition) is 2. The van der Waals surface area contributed by atoms with Crippen molar-refractivity contribution in [1.82, 2.24) is 15.5 Å². The number of nitrogens with one attached hydrogen (secondary N) is 2. The average Bonchev–Trinajstić information content (AvgIpc) is 2.77. The number of halogens is 1. The quantitative estimate of drug-likeness (QED) is 0.476. The third-order valence-electron chi connectivity index (χ3n) is 5.09. The van der Waals surface area contributed by atoms with Crippen LogP contribution in [-0.2, 0) is 13.0 Å². The molecule has 2 rings (SSSR count). The Morgan fingerprint density at radius 3 is 2.39 bits per heavy atom. The van der Waals surface area contributed by atoms with E-state index in [0.29, 0.717) is 30.3 Å². The molecular formula is C24H34FN5O. The van der Waals surface area contributed by atoms with Crippen LogP contribution in [-0.4, -0.2) is 57.5 Å². The van der Waals surface area contributed by atoms with E-state index < -0.39 is 0 Å². The molecule has 0 bridgehead atoms. The maximum absolute atomic E-state index is 14.5. The highest BCUT2D eigenvalue weighted by Crippen LogP contribution is 2.20. The van der Waals surface area contributed by atoms with Crippen molar-refractivity contribution in [3.63, 3.8) is 0 Å². The van der Waals surface area contributed by atoms with Gasteiger partial charge >= 0.3 is 0 Å². The fourth-order valence-corrected chi connectivity index (χ4v) is 3.33. The molecule has 0 saturated carbocycles. The molecule has 0 radical (unpaired) electrons. The Bertz CT molecular complexity index is 893. The van der Waals surface area contributed by atoms with E-state index in [1.165, 1.54) is 0 Å². The number of hydrogen-bond acceptors (Lipinski definition) is 3. The summed E-state index contributed by atoms with van der Waals surface area (Å²) in [6, 6.07) is 13.0. The normalized spacial score (nSPS) is 11.2. The van der Waals surface area contributed by atoms with Gasteiger partial charge in [-0.3, -0.25) is 9.79 Å². The van der Waals surface area contributed by atoms with E-state index >= 15 is 0 Å². The number of aliphatic imine (C=N–C) groups is 1. The third kappa shape index (κ3) is 6.98. The summed E-state index contributed by atoms with van der Waals surface area (Å²) < 4.78 is 14.5. The molecular weight excluding hydrogens is 393 g/mol. The molecule has 2 N–H and O–H groups in total. The number of amides is 1. The molecule has 0 heterocycles. The molecule has 7 heteroatoms. The van der Waals surface area contributed by atoms with Crippen LogP contribution in [0.4, 0.5) is 10.1 Å². The molecule has 2 aromatic rings. The number of rotatable bonds is 9. The number of nitrogens with zero attached hydrogens (tertiary/aromatic N) is 3. The van der Waals surface area contributed by atoms with Gasteiger partial charge in [-0.25, -0.2) is 4.39 Å². The summed E-state index contributed by atoms with van der Waals surface area (Å²) in [5.41, 5.74) is 3.24. The molecule has 0 aliphatic carbocycles. The number of guanidine groups is 1. The smallest absolute Gasteiger partial charge is 0.253 e. The van der Waals surface area contributed by atoms with Crippen LogP contribution in [0.1, 0.15) is 35.3 Å². The van der Waals surface area contributed by atoms with Crippen molar-refractivity contribution in [2.24, 2.45) is 4.99 Å². The summed E-state index contributed by atoms with van der Waals surface area (Å²) in [6.45, 7) is 6.72. The second-order valence-corrected chi connectivity index (χ2v) is 7.46. The maximum Gasteiger partial charge on any atom is 0.253 e. The third-order valence-corrected chi connectivity index (χ3v) is 5.09. The Labute approximate surface area is 185 Å². The Hall–Kier alpha value is -3.09. The van der Waals surface area contributed by atoms with E-state index in [2.05, 4.69) is 15.6 Å². The largest absolute Gasteiger partial charge is 0.370 e. The van der Waals surface area contributed by atoms with Gasteiger partial charge in [-0.15, -0.1) is 0 Å². The van der Waals surface area contributed by atoms with Gasteiger partial charge in [0.05, 0.1) is 5.69 Å². The molecule has 0 unspecified atom stereocenters. The highest BCUT2D eigenvalue weighted by atomic mass is 19.1. The fraction of sp³-hybridized carbons (Fsp3) is 0.417. The van der Waals surface area contributed by atoms with Gasteiger partial charge < -0.3 is 20.4 Å². The Morgan fingerprint density at radius 1 is 1.03 bits per heavy atom. The molecule has 0 aliphatic rings. The first-order valence-electron chi connectivity index (χ1n) is 10.7. The predicted molar refractivity (Wildman–Crippen MR) is 126 cm³/mol. The molecule has 0 fully saturated rings. The maximum atomic E-state index is 14.5. The lowest BCUT2D eigenvalue weighted by molar-refractivity contribution is 0.0827. The van der Waals surface area contributed by atoms with Crippen molar-refractivity contribution in [3.8, 4) is 0 Å². The van der Waals surface area contributed by atoms with Crippen molar-refractivity contribution >= 4 is 17.6 Å². The lowest BCUT2D eigenvalue weighted by Gasteiger charge is -2.22. The van der Waals surface area contributed by atoms with E-state index in [1.807, 2.05) is 55.1 Å². The van der Waals surface area contributed by atoms with Crippen LogP contribution in [0.2, 0.25) is 0 Å². The number of benzene rings is 2. The lowest BCUT2D eigenvalue weighted by atomic mass is 10.1. The highest BCUT2D eigenvalue weighted by Gasteiger charge is 2.10. The molecule has 6 nitrogen and oxygen atoms in total. The first-order valence-corrected chi connectivity index (χ1v) is 10.7. The van der Waals surface area contributed by atoms with Crippen LogP contribution in [0, 0.1) is 5.82 Å². The van der Waals surface area contributed by atoms with E-state index in [-0.39, 0.29) is 11.7 Å². The van der Waals surface area contributed by atoms with Gasteiger partial charge in [-0.1, -0.05) is 18.2 Å². The summed E-state index contributed by atoms with van der Waals surface area (Å²) in [7, 11) is 5.19. The van der Waals surface area contributed by atoms with Crippen molar-refractivity contribution in [3.05, 3.63) is 65.0 Å². The first kappa shape index (κ1) is 24.2. The Balaban J connectivity index is 1.88. The topological polar surface area (TPSA) is 60.0 Å². The van der Waals surface area contributed by atoms with Gasteiger partial charge in [0.25, 0.3) is 5.91 Å². The molecule has 0 saturated heterocycles. The molecule has 1 amide bonds. The standard InChI is InChI=1S/C24H34FN5O/c1-6-30(7-2)22-12-11-19(16-21(22)25)17-28-24(26-3)27-14-13-18-9-8-10-20(15-18)23(31)29(4)5/h8-12,15-16H,6-7,13-14,17H2,1-5H3,(H2,26,27,28). The van der Waals surface area contributed by atoms with Crippen LogP contribution in [0.3, 0.4) is 0 Å². The van der Waals surface area contributed by atoms with Crippen LogP contribution in [0.25, 0.3) is 0 Å². The SMILES string of the molecule is CCN(CC)c1ccc(CNC(=NC)NCCc2cccc(C(=O)N(C)C)c2)cc1F. The molecule has 0 aliphatic heterocycles. The van der Waals surface area contributed by atoms with Crippen molar-refractivity contribution in [2.75, 3.05) is 45.7 Å². The van der Waals surface area contributed by atoms with E-state index in [9.17, 15) is 9.18 Å². The molecule has 2 aromatic carbocycles. The zero-order chi connectivity index (χ0) is 22.8. The molecule has 0 aromatic heterocycles. The monoisotopic (exact) mass is 427 g/mol. The average molecular weight is 428 g/mol. The highest BCUT2D eigenvalue weighted by molar-refractivity contribution is 5.94. The summed E-state index contributed by atoms with van der Waals surface area (Å²) in [5.74, 6) is 0.429. The van der Waals surface area contributed by atoms with Crippen LogP contribution < -0.4 is 15.5 Å². The zero-order valence-corrected chi connectivity index (χ0v) is 19.2. The van der Waals surface area contributed by atoms with Crippen molar-refractivity contribution in [2.45, 2.75) is 26.8 Å². The second kappa shape index (κ2) is 11.9. The second-order valence-electron chi connectivity index (χ2n) is 7.46. The fourth-order valence-electron chi connectivity index (χ4n) is 3.33. The summed E-state index contributed by atoms with van der Waals surface area (Å²) in [4.78, 5) is 19.9. The number of carbonyl (C=O) groups excluding carboxylic acids is 1. The van der Waals surface area contributed by atoms with E-state index in [0.717, 1.165) is 30.6 Å². The summed E-state index contributed by atoms with van der Waals surface area (Å²) in [6.07, 6.45) is 0.752. The number of carbonyl (C=O) groups is 1. The number of anilines is 1.